The van der Waals surface area contributed by atoms with Crippen LogP contribution in [-0.4, -0.2) is 60.4 Å². The van der Waals surface area contributed by atoms with Gasteiger partial charge in [-0.25, -0.2) is 14.4 Å². The Hall–Kier alpha value is -4.27. The van der Waals surface area contributed by atoms with Crippen molar-refractivity contribution in [2.75, 3.05) is 20.8 Å². The lowest BCUT2D eigenvalue weighted by molar-refractivity contribution is -0.159. The van der Waals surface area contributed by atoms with Crippen molar-refractivity contribution in [1.82, 2.24) is 4.90 Å². The highest BCUT2D eigenvalue weighted by Crippen LogP contribution is 2.31. The van der Waals surface area contributed by atoms with E-state index in [1.807, 2.05) is 0 Å². The summed E-state index contributed by atoms with van der Waals surface area (Å²) in [5.74, 6) is -3.88. The molecule has 184 valence electrons. The highest BCUT2D eigenvalue weighted by atomic mass is 16.5. The van der Waals surface area contributed by atoms with Crippen LogP contribution in [0.15, 0.2) is 60.2 Å². The third-order valence-electron chi connectivity index (χ3n) is 5.44. The predicted molar refractivity (Wildman–Crippen MR) is 126 cm³/mol. The monoisotopic (exact) mass is 481 g/mol. The summed E-state index contributed by atoms with van der Waals surface area (Å²) in [5, 5.41) is 10.2. The number of Topliss-reactive ketones (excluding diaryl/α,β-unsaturated/α-hetero) is 1. The van der Waals surface area contributed by atoms with Crippen molar-refractivity contribution in [2.45, 2.75) is 25.8 Å². The van der Waals surface area contributed by atoms with Crippen LogP contribution in [0.4, 0.5) is 0 Å². The summed E-state index contributed by atoms with van der Waals surface area (Å²) in [5.41, 5.74) is -0.844. The minimum atomic E-state index is -1.89. The van der Waals surface area contributed by atoms with E-state index in [2.05, 4.69) is 4.74 Å². The van der Waals surface area contributed by atoms with Gasteiger partial charge < -0.3 is 19.5 Å². The van der Waals surface area contributed by atoms with Crippen LogP contribution in [0.5, 0.6) is 0 Å². The molecule has 35 heavy (non-hydrogen) atoms. The molecule has 9 heteroatoms. The maximum Gasteiger partial charge on any atom is 0.337 e. The van der Waals surface area contributed by atoms with Crippen LogP contribution < -0.4 is 0 Å². The third-order valence-corrected chi connectivity index (χ3v) is 5.44. The number of aliphatic carboxylic acids is 1. The Bertz CT molecular complexity index is 1140. The smallest absolute Gasteiger partial charge is 0.337 e. The number of esters is 2. The van der Waals surface area contributed by atoms with Gasteiger partial charge in [-0.15, -0.1) is 0 Å². The molecule has 0 heterocycles. The van der Waals surface area contributed by atoms with Gasteiger partial charge in [0.2, 0.25) is 5.91 Å². The molecule has 0 aromatic heterocycles. The number of carbonyl (C=O) groups is 5. The zero-order valence-corrected chi connectivity index (χ0v) is 19.9. The van der Waals surface area contributed by atoms with Crippen molar-refractivity contribution >= 4 is 35.7 Å². The average molecular weight is 482 g/mol. The molecule has 0 saturated carbocycles. The summed E-state index contributed by atoms with van der Waals surface area (Å²) in [6, 6.07) is 14.2. The molecular formula is C26H27NO8. The van der Waals surface area contributed by atoms with Crippen molar-refractivity contribution in [3.63, 3.8) is 0 Å². The Morgan fingerprint density at radius 2 is 1.54 bits per heavy atom. The van der Waals surface area contributed by atoms with Gasteiger partial charge in [0.1, 0.15) is 5.78 Å². The van der Waals surface area contributed by atoms with Crippen LogP contribution in [0.2, 0.25) is 0 Å². The quantitative estimate of drug-likeness (QED) is 0.312. The Balaban J connectivity index is 2.60. The lowest BCUT2D eigenvalue weighted by Gasteiger charge is -2.38. The van der Waals surface area contributed by atoms with Gasteiger partial charge in [0.15, 0.2) is 5.54 Å². The summed E-state index contributed by atoms with van der Waals surface area (Å²) in [4.78, 5) is 62.7. The van der Waals surface area contributed by atoms with Gasteiger partial charge in [0, 0.05) is 0 Å². The molecule has 2 aromatic rings. The van der Waals surface area contributed by atoms with E-state index in [1.165, 1.54) is 39.2 Å². The number of methoxy groups -OCH3 is 2. The van der Waals surface area contributed by atoms with E-state index < -0.39 is 48.1 Å². The number of hydrogen-bond donors (Lipinski definition) is 1. The number of ketones is 1. The summed E-state index contributed by atoms with van der Waals surface area (Å²) < 4.78 is 9.54. The fourth-order valence-electron chi connectivity index (χ4n) is 3.47. The number of carboxylic acids is 1. The molecule has 1 unspecified atom stereocenters. The van der Waals surface area contributed by atoms with Crippen molar-refractivity contribution in [2.24, 2.45) is 0 Å². The van der Waals surface area contributed by atoms with E-state index in [0.717, 1.165) is 12.0 Å². The maximum absolute atomic E-state index is 13.1. The van der Waals surface area contributed by atoms with Crippen molar-refractivity contribution in [3.05, 3.63) is 76.9 Å². The number of nitrogens with zero attached hydrogens (tertiary/aromatic N) is 1. The fraction of sp³-hybridized carbons (Fsp3) is 0.269. The topological polar surface area (TPSA) is 127 Å². The lowest BCUT2D eigenvalue weighted by atomic mass is 9.88. The van der Waals surface area contributed by atoms with Crippen molar-refractivity contribution < 1.29 is 38.6 Å². The number of carboxylic acid groups (broad SMARTS) is 1. The fourth-order valence-corrected chi connectivity index (χ4v) is 3.47. The van der Waals surface area contributed by atoms with Crippen LogP contribution in [0.25, 0.3) is 6.08 Å². The van der Waals surface area contributed by atoms with Gasteiger partial charge in [-0.2, -0.15) is 0 Å². The number of amides is 1. The van der Waals surface area contributed by atoms with Crippen LogP contribution in [0.1, 0.15) is 41.8 Å². The summed E-state index contributed by atoms with van der Waals surface area (Å²) in [7, 11) is 2.41. The number of benzene rings is 2. The number of ether oxygens (including phenoxy) is 2. The summed E-state index contributed by atoms with van der Waals surface area (Å²) in [6.45, 7) is 2.11. The molecule has 0 aliphatic carbocycles. The highest BCUT2D eigenvalue weighted by Gasteiger charge is 2.45. The minimum Gasteiger partial charge on any atom is -0.479 e. The first-order chi connectivity index (χ1) is 16.5. The maximum atomic E-state index is 13.1. The Morgan fingerprint density at radius 3 is 2.03 bits per heavy atom. The van der Waals surface area contributed by atoms with Crippen molar-refractivity contribution in [1.29, 1.82) is 0 Å². The molecule has 1 atom stereocenters. The molecule has 1 N–H and O–H groups in total. The largest absolute Gasteiger partial charge is 0.479 e. The molecule has 0 saturated heterocycles. The molecule has 0 radical (unpaired) electrons. The molecule has 0 aliphatic rings. The molecular weight excluding hydrogens is 454 g/mol. The summed E-state index contributed by atoms with van der Waals surface area (Å²) in [6.07, 6.45) is 0.881. The predicted octanol–water partition coefficient (Wildman–Crippen LogP) is 2.84. The van der Waals surface area contributed by atoms with Crippen LogP contribution >= 0.6 is 0 Å². The Morgan fingerprint density at radius 1 is 0.943 bits per heavy atom. The van der Waals surface area contributed by atoms with Crippen LogP contribution in [0, 0.1) is 0 Å². The van der Waals surface area contributed by atoms with Crippen LogP contribution in [0.3, 0.4) is 0 Å². The van der Waals surface area contributed by atoms with Gasteiger partial charge in [0.05, 0.1) is 38.3 Å². The second kappa shape index (κ2) is 11.7. The van der Waals surface area contributed by atoms with E-state index in [0.29, 0.717) is 11.1 Å². The highest BCUT2D eigenvalue weighted by molar-refractivity contribution is 6.01. The Kier molecular flexibility index (Phi) is 9.04. The first-order valence-corrected chi connectivity index (χ1v) is 10.6. The first-order valence-electron chi connectivity index (χ1n) is 10.6. The van der Waals surface area contributed by atoms with Gasteiger partial charge in [0.25, 0.3) is 0 Å². The van der Waals surface area contributed by atoms with E-state index >= 15 is 0 Å². The molecule has 0 bridgehead atoms. The summed E-state index contributed by atoms with van der Waals surface area (Å²) >= 11 is 0. The van der Waals surface area contributed by atoms with E-state index in [4.69, 9.17) is 4.74 Å². The Labute approximate surface area is 202 Å². The molecule has 1 amide bonds. The van der Waals surface area contributed by atoms with Gasteiger partial charge in [-0.3, -0.25) is 9.59 Å². The standard InChI is InChI=1S/C26H27NO8/c1-17(28)14-22(29)27(26(2,25(32)33)21-8-6-5-7-9-21)16-20(24(31)35-4)15-18-10-12-19(13-11-18)23(30)34-3/h5-13,15H,14,16H2,1-4H3,(H,32,33)/b20-15+. The van der Waals surface area contributed by atoms with Gasteiger partial charge >= 0.3 is 17.9 Å². The zero-order chi connectivity index (χ0) is 26.2. The molecule has 0 aliphatic heterocycles. The first kappa shape index (κ1) is 27.0. The number of carbonyl (C=O) groups excluding carboxylic acids is 4. The van der Waals surface area contributed by atoms with Crippen molar-refractivity contribution in [3.8, 4) is 0 Å². The zero-order valence-electron chi connectivity index (χ0n) is 19.9. The molecule has 2 rings (SSSR count). The molecule has 0 spiro atoms. The molecule has 2 aromatic carbocycles. The van der Waals surface area contributed by atoms with Gasteiger partial charge in [-0.1, -0.05) is 42.5 Å². The minimum absolute atomic E-state index is 0.0290. The molecule has 9 nitrogen and oxygen atoms in total. The SMILES string of the molecule is COC(=O)/C(=C/c1ccc(C(=O)OC)cc1)CN(C(=O)CC(C)=O)C(C)(C(=O)O)c1ccccc1. The number of hydrogen-bond acceptors (Lipinski definition) is 7. The van der Waals surface area contributed by atoms with Crippen LogP contribution in [-0.2, 0) is 34.2 Å². The lowest BCUT2D eigenvalue weighted by Crippen LogP contribution is -2.54. The third kappa shape index (κ3) is 6.41. The normalized spacial score (nSPS) is 12.7. The second-order valence-corrected chi connectivity index (χ2v) is 7.88. The van der Waals surface area contributed by atoms with E-state index in [1.54, 1.807) is 42.5 Å². The average Bonchev–Trinajstić information content (AvgIpc) is 2.85. The van der Waals surface area contributed by atoms with E-state index in [9.17, 15) is 29.1 Å². The van der Waals surface area contributed by atoms with Gasteiger partial charge in [-0.05, 0) is 43.2 Å². The van der Waals surface area contributed by atoms with E-state index in [-0.39, 0.29) is 11.1 Å². The molecule has 0 fully saturated rings. The number of rotatable bonds is 10. The second-order valence-electron chi connectivity index (χ2n) is 7.88.